The van der Waals surface area contributed by atoms with E-state index in [4.69, 9.17) is 26.8 Å². The summed E-state index contributed by atoms with van der Waals surface area (Å²) in [6.45, 7) is 0.150. The van der Waals surface area contributed by atoms with Gasteiger partial charge in [0.2, 0.25) is 0 Å². The first-order valence-electron chi connectivity index (χ1n) is 5.60. The van der Waals surface area contributed by atoms with Crippen molar-refractivity contribution in [1.82, 2.24) is 0 Å². The van der Waals surface area contributed by atoms with Crippen molar-refractivity contribution in [2.75, 3.05) is 12.8 Å². The number of benzene rings is 2. The number of nitrogens with two attached hydrogens (primary N) is 1. The van der Waals surface area contributed by atoms with Gasteiger partial charge in [-0.25, -0.2) is 4.39 Å². The number of ether oxygens (including phenoxy) is 2. The second-order valence-electron chi connectivity index (χ2n) is 3.93. The molecule has 0 fully saturated rings. The van der Waals surface area contributed by atoms with Crippen LogP contribution in [0.15, 0.2) is 36.4 Å². The second-order valence-corrected chi connectivity index (χ2v) is 4.34. The number of anilines is 1. The van der Waals surface area contributed by atoms with Gasteiger partial charge in [-0.05, 0) is 30.3 Å². The van der Waals surface area contributed by atoms with Crippen molar-refractivity contribution in [2.24, 2.45) is 0 Å². The number of methoxy groups -OCH3 is 1. The third kappa shape index (κ3) is 3.29. The third-order valence-corrected chi connectivity index (χ3v) is 2.95. The van der Waals surface area contributed by atoms with Gasteiger partial charge in [-0.2, -0.15) is 0 Å². The molecule has 0 aliphatic rings. The van der Waals surface area contributed by atoms with E-state index in [-0.39, 0.29) is 12.4 Å². The lowest BCUT2D eigenvalue weighted by molar-refractivity contribution is 0.284. The van der Waals surface area contributed by atoms with Gasteiger partial charge in [-0.3, -0.25) is 0 Å². The molecule has 2 N–H and O–H groups in total. The fraction of sp³-hybridized carbons (Fsp3) is 0.143. The van der Waals surface area contributed by atoms with E-state index >= 15 is 0 Å². The first-order valence-corrected chi connectivity index (χ1v) is 5.98. The summed E-state index contributed by atoms with van der Waals surface area (Å²) >= 11 is 5.96. The number of hydrogen-bond donors (Lipinski definition) is 1. The van der Waals surface area contributed by atoms with Crippen molar-refractivity contribution in [3.8, 4) is 11.5 Å². The Morgan fingerprint density at radius 2 is 1.95 bits per heavy atom. The molecule has 0 radical (unpaired) electrons. The minimum Gasteiger partial charge on any atom is -0.493 e. The highest BCUT2D eigenvalue weighted by Crippen LogP contribution is 2.30. The first kappa shape index (κ1) is 13.5. The molecule has 0 atom stereocenters. The fourth-order valence-electron chi connectivity index (χ4n) is 1.61. The zero-order valence-electron chi connectivity index (χ0n) is 10.3. The molecule has 5 heteroatoms. The SMILES string of the molecule is COc1cc(N)ccc1OCc1cc(F)ccc1Cl. The Balaban J connectivity index is 2.16. The summed E-state index contributed by atoms with van der Waals surface area (Å²) < 4.78 is 23.8. The minimum absolute atomic E-state index is 0.150. The van der Waals surface area contributed by atoms with E-state index in [1.54, 1.807) is 18.2 Å². The molecule has 0 aromatic heterocycles. The van der Waals surface area contributed by atoms with Crippen molar-refractivity contribution in [2.45, 2.75) is 6.61 Å². The number of hydrogen-bond acceptors (Lipinski definition) is 3. The van der Waals surface area contributed by atoms with E-state index in [2.05, 4.69) is 0 Å². The van der Waals surface area contributed by atoms with Crippen LogP contribution in [0.3, 0.4) is 0 Å². The largest absolute Gasteiger partial charge is 0.493 e. The summed E-state index contributed by atoms with van der Waals surface area (Å²) in [6, 6.07) is 9.19. The topological polar surface area (TPSA) is 44.5 Å². The molecule has 0 amide bonds. The molecule has 0 aliphatic heterocycles. The predicted molar refractivity (Wildman–Crippen MR) is 73.1 cm³/mol. The van der Waals surface area contributed by atoms with E-state index in [0.29, 0.717) is 27.8 Å². The smallest absolute Gasteiger partial charge is 0.162 e. The third-order valence-electron chi connectivity index (χ3n) is 2.58. The van der Waals surface area contributed by atoms with Gasteiger partial charge in [-0.15, -0.1) is 0 Å². The summed E-state index contributed by atoms with van der Waals surface area (Å²) in [4.78, 5) is 0. The van der Waals surface area contributed by atoms with Gasteiger partial charge in [0.1, 0.15) is 12.4 Å². The Labute approximate surface area is 115 Å². The quantitative estimate of drug-likeness (QED) is 0.870. The summed E-state index contributed by atoms with van der Waals surface area (Å²) in [7, 11) is 1.52. The fourth-order valence-corrected chi connectivity index (χ4v) is 1.78. The Bertz CT molecular complexity index is 590. The van der Waals surface area contributed by atoms with E-state index in [0.717, 1.165) is 0 Å². The van der Waals surface area contributed by atoms with Crippen LogP contribution in [0, 0.1) is 5.82 Å². The van der Waals surface area contributed by atoms with Crippen LogP contribution in [0.4, 0.5) is 10.1 Å². The molecule has 0 saturated heterocycles. The molecule has 0 bridgehead atoms. The number of rotatable bonds is 4. The zero-order chi connectivity index (χ0) is 13.8. The summed E-state index contributed by atoms with van der Waals surface area (Å²) in [6.07, 6.45) is 0. The van der Waals surface area contributed by atoms with E-state index in [1.165, 1.54) is 25.3 Å². The average molecular weight is 282 g/mol. The van der Waals surface area contributed by atoms with Crippen LogP contribution in [0.2, 0.25) is 5.02 Å². The molecule has 100 valence electrons. The lowest BCUT2D eigenvalue weighted by atomic mass is 10.2. The van der Waals surface area contributed by atoms with Crippen molar-refractivity contribution < 1.29 is 13.9 Å². The molecule has 0 heterocycles. The molecule has 0 unspecified atom stereocenters. The van der Waals surface area contributed by atoms with Gasteiger partial charge >= 0.3 is 0 Å². The standard InChI is InChI=1S/C14H13ClFNO2/c1-18-14-7-11(17)3-5-13(14)19-8-9-6-10(16)2-4-12(9)15/h2-7H,8,17H2,1H3. The molecular formula is C14H13ClFNO2. The monoisotopic (exact) mass is 281 g/mol. The van der Waals surface area contributed by atoms with Crippen molar-refractivity contribution in [3.05, 3.63) is 52.8 Å². The highest BCUT2D eigenvalue weighted by molar-refractivity contribution is 6.31. The number of halogens is 2. The molecule has 2 rings (SSSR count). The summed E-state index contributed by atoms with van der Waals surface area (Å²) in [5.74, 6) is 0.692. The van der Waals surface area contributed by atoms with Gasteiger partial charge < -0.3 is 15.2 Å². The Kier molecular flexibility index (Phi) is 4.12. The van der Waals surface area contributed by atoms with Crippen LogP contribution < -0.4 is 15.2 Å². The normalized spacial score (nSPS) is 10.3. The van der Waals surface area contributed by atoms with Gasteiger partial charge in [0.05, 0.1) is 7.11 Å². The Hall–Kier alpha value is -1.94. The van der Waals surface area contributed by atoms with Gasteiger partial charge in [0.15, 0.2) is 11.5 Å². The summed E-state index contributed by atoms with van der Waals surface area (Å²) in [5.41, 5.74) is 6.79. The van der Waals surface area contributed by atoms with Crippen LogP contribution in [0.5, 0.6) is 11.5 Å². The van der Waals surface area contributed by atoms with Crippen LogP contribution in [0.25, 0.3) is 0 Å². The number of nitrogen functional groups attached to an aromatic ring is 1. The van der Waals surface area contributed by atoms with Gasteiger partial charge in [0.25, 0.3) is 0 Å². The lowest BCUT2D eigenvalue weighted by Gasteiger charge is -2.12. The zero-order valence-corrected chi connectivity index (χ0v) is 11.1. The molecule has 0 saturated carbocycles. The van der Waals surface area contributed by atoms with E-state index < -0.39 is 0 Å². The second kappa shape index (κ2) is 5.80. The maximum absolute atomic E-state index is 13.1. The molecule has 3 nitrogen and oxygen atoms in total. The van der Waals surface area contributed by atoms with Crippen LogP contribution in [0.1, 0.15) is 5.56 Å². The van der Waals surface area contributed by atoms with Gasteiger partial charge in [0, 0.05) is 22.3 Å². The highest BCUT2D eigenvalue weighted by Gasteiger charge is 2.07. The van der Waals surface area contributed by atoms with E-state index in [1.807, 2.05) is 0 Å². The molecule has 0 spiro atoms. The van der Waals surface area contributed by atoms with Crippen molar-refractivity contribution >= 4 is 17.3 Å². The maximum atomic E-state index is 13.1. The highest BCUT2D eigenvalue weighted by atomic mass is 35.5. The first-order chi connectivity index (χ1) is 9.10. The van der Waals surface area contributed by atoms with Crippen LogP contribution in [-0.2, 0) is 6.61 Å². The maximum Gasteiger partial charge on any atom is 0.162 e. The van der Waals surface area contributed by atoms with Crippen molar-refractivity contribution in [3.63, 3.8) is 0 Å². The molecular weight excluding hydrogens is 269 g/mol. The Morgan fingerprint density at radius 3 is 2.68 bits per heavy atom. The minimum atomic E-state index is -0.354. The van der Waals surface area contributed by atoms with Crippen LogP contribution in [-0.4, -0.2) is 7.11 Å². The summed E-state index contributed by atoms with van der Waals surface area (Å²) in [5, 5.41) is 0.454. The molecule has 2 aromatic carbocycles. The van der Waals surface area contributed by atoms with Crippen molar-refractivity contribution in [1.29, 1.82) is 0 Å². The molecule has 2 aromatic rings. The molecule has 19 heavy (non-hydrogen) atoms. The van der Waals surface area contributed by atoms with Gasteiger partial charge in [-0.1, -0.05) is 11.6 Å². The average Bonchev–Trinajstić information content (AvgIpc) is 2.40. The lowest BCUT2D eigenvalue weighted by Crippen LogP contribution is -1.99. The van der Waals surface area contributed by atoms with Crippen LogP contribution >= 0.6 is 11.6 Å². The Morgan fingerprint density at radius 1 is 1.16 bits per heavy atom. The molecule has 0 aliphatic carbocycles. The van der Waals surface area contributed by atoms with E-state index in [9.17, 15) is 4.39 Å². The predicted octanol–water partition coefficient (Wildman–Crippen LogP) is 3.65.